The standard InChI is InChI=1S/C22H21FN4O4S/c23-20-14(11-27-18(28)12-32-22(27)30)1-2-17-19(20)16(21(29)25-17)8-15-7-13(9-24-15)10-26-3-5-31-6-4-26/h1-2,7-9,12,24,28H,3-6,10-11H2,(H,25,29). The number of anilines is 1. The Hall–Kier alpha value is -3.21. The van der Waals surface area contributed by atoms with Crippen LogP contribution in [0.25, 0.3) is 11.6 Å². The molecule has 1 saturated heterocycles. The number of fused-ring (bicyclic) bond motifs is 1. The van der Waals surface area contributed by atoms with Gasteiger partial charge in [0, 0.05) is 42.7 Å². The van der Waals surface area contributed by atoms with Crippen molar-refractivity contribution in [1.82, 2.24) is 14.5 Å². The van der Waals surface area contributed by atoms with E-state index in [-0.39, 0.29) is 34.0 Å². The molecule has 2 aromatic heterocycles. The number of morpholine rings is 1. The zero-order valence-electron chi connectivity index (χ0n) is 17.1. The molecule has 3 aromatic rings. The summed E-state index contributed by atoms with van der Waals surface area (Å²) in [6.07, 6.45) is 3.51. The fourth-order valence-corrected chi connectivity index (χ4v) is 4.61. The summed E-state index contributed by atoms with van der Waals surface area (Å²) in [5.74, 6) is -1.20. The van der Waals surface area contributed by atoms with E-state index in [4.69, 9.17) is 4.74 Å². The first kappa shape index (κ1) is 20.7. The molecule has 0 bridgehead atoms. The van der Waals surface area contributed by atoms with E-state index < -0.39 is 11.7 Å². The summed E-state index contributed by atoms with van der Waals surface area (Å²) in [6, 6.07) is 5.06. The quantitative estimate of drug-likeness (QED) is 0.512. The monoisotopic (exact) mass is 456 g/mol. The number of carbonyl (C=O) groups is 1. The zero-order valence-corrected chi connectivity index (χ0v) is 17.9. The zero-order chi connectivity index (χ0) is 22.2. The molecule has 4 heterocycles. The first-order valence-corrected chi connectivity index (χ1v) is 11.1. The number of benzene rings is 1. The molecule has 2 aliphatic heterocycles. The minimum absolute atomic E-state index is 0.124. The smallest absolute Gasteiger partial charge is 0.310 e. The van der Waals surface area contributed by atoms with Gasteiger partial charge in [-0.15, -0.1) is 0 Å². The average molecular weight is 456 g/mol. The lowest BCUT2D eigenvalue weighted by molar-refractivity contribution is -0.110. The normalized spacial score (nSPS) is 17.7. The van der Waals surface area contributed by atoms with Gasteiger partial charge in [0.25, 0.3) is 5.91 Å². The molecule has 166 valence electrons. The molecule has 1 amide bonds. The number of amides is 1. The van der Waals surface area contributed by atoms with Crippen molar-refractivity contribution in [3.63, 3.8) is 0 Å². The van der Waals surface area contributed by atoms with Crippen molar-refractivity contribution in [3.8, 4) is 5.88 Å². The number of nitrogens with zero attached hydrogens (tertiary/aromatic N) is 2. The molecule has 8 nitrogen and oxygen atoms in total. The summed E-state index contributed by atoms with van der Waals surface area (Å²) >= 11 is 0.842. The second-order valence-corrected chi connectivity index (χ2v) is 8.59. The summed E-state index contributed by atoms with van der Waals surface area (Å²) in [5.41, 5.74) is 2.73. The number of aromatic nitrogens is 2. The van der Waals surface area contributed by atoms with E-state index >= 15 is 4.39 Å². The Morgan fingerprint density at radius 2 is 2.03 bits per heavy atom. The van der Waals surface area contributed by atoms with Crippen LogP contribution in [0.5, 0.6) is 5.88 Å². The maximum atomic E-state index is 15.4. The van der Waals surface area contributed by atoms with Gasteiger partial charge in [0.1, 0.15) is 5.82 Å². The predicted octanol–water partition coefficient (Wildman–Crippen LogP) is 2.46. The Labute approximate surface area is 186 Å². The van der Waals surface area contributed by atoms with Crippen LogP contribution in [0.3, 0.4) is 0 Å². The molecule has 0 unspecified atom stereocenters. The van der Waals surface area contributed by atoms with Crippen LogP contribution in [-0.4, -0.2) is 51.8 Å². The van der Waals surface area contributed by atoms with Gasteiger partial charge in [-0.3, -0.25) is 19.1 Å². The van der Waals surface area contributed by atoms with Gasteiger partial charge in [-0.1, -0.05) is 17.4 Å². The van der Waals surface area contributed by atoms with Crippen molar-refractivity contribution in [2.75, 3.05) is 31.6 Å². The van der Waals surface area contributed by atoms with E-state index in [2.05, 4.69) is 15.2 Å². The molecule has 1 fully saturated rings. The molecule has 0 radical (unpaired) electrons. The van der Waals surface area contributed by atoms with Crippen molar-refractivity contribution in [2.45, 2.75) is 13.1 Å². The summed E-state index contributed by atoms with van der Waals surface area (Å²) in [4.78, 5) is 29.5. The highest BCUT2D eigenvalue weighted by Crippen LogP contribution is 2.37. The van der Waals surface area contributed by atoms with E-state index in [1.165, 1.54) is 11.4 Å². The van der Waals surface area contributed by atoms with Crippen molar-refractivity contribution < 1.29 is 19.0 Å². The molecule has 5 rings (SSSR count). The molecule has 2 aliphatic rings. The first-order chi connectivity index (χ1) is 15.5. The van der Waals surface area contributed by atoms with E-state index in [1.54, 1.807) is 12.1 Å². The second-order valence-electron chi connectivity index (χ2n) is 7.77. The number of rotatable bonds is 5. The van der Waals surface area contributed by atoms with Crippen LogP contribution in [0.2, 0.25) is 0 Å². The Morgan fingerprint density at radius 3 is 2.78 bits per heavy atom. The van der Waals surface area contributed by atoms with Crippen molar-refractivity contribution in [3.05, 3.63) is 67.6 Å². The SMILES string of the molecule is O=C1Nc2ccc(Cn3c(O)csc3=O)c(F)c2C1=Cc1cc(CN2CCOCC2)c[nH]1. The van der Waals surface area contributed by atoms with E-state index in [0.717, 1.165) is 54.3 Å². The molecule has 0 atom stereocenters. The third-order valence-electron chi connectivity index (χ3n) is 5.65. The predicted molar refractivity (Wildman–Crippen MR) is 119 cm³/mol. The molecule has 0 spiro atoms. The van der Waals surface area contributed by atoms with E-state index in [0.29, 0.717) is 11.4 Å². The van der Waals surface area contributed by atoms with Gasteiger partial charge in [0.05, 0.1) is 36.4 Å². The molecular weight excluding hydrogens is 435 g/mol. The van der Waals surface area contributed by atoms with Crippen LogP contribution in [0, 0.1) is 5.82 Å². The Kier molecular flexibility index (Phi) is 5.41. The Morgan fingerprint density at radius 1 is 1.22 bits per heavy atom. The minimum Gasteiger partial charge on any atom is -0.494 e. The Bertz CT molecular complexity index is 1270. The van der Waals surface area contributed by atoms with E-state index in [9.17, 15) is 14.7 Å². The van der Waals surface area contributed by atoms with Crippen molar-refractivity contribution in [2.24, 2.45) is 0 Å². The summed E-state index contributed by atoms with van der Waals surface area (Å²) in [5, 5.41) is 13.8. The number of thiazole rings is 1. The third-order valence-corrected chi connectivity index (χ3v) is 6.40. The van der Waals surface area contributed by atoms with Crippen LogP contribution in [-0.2, 0) is 22.6 Å². The number of aromatic hydroxyl groups is 1. The number of hydrogen-bond acceptors (Lipinski definition) is 6. The lowest BCUT2D eigenvalue weighted by Gasteiger charge is -2.25. The number of hydrogen-bond donors (Lipinski definition) is 3. The van der Waals surface area contributed by atoms with E-state index in [1.807, 2.05) is 12.3 Å². The lowest BCUT2D eigenvalue weighted by atomic mass is 10.0. The fourth-order valence-electron chi connectivity index (χ4n) is 4.00. The maximum absolute atomic E-state index is 15.4. The highest BCUT2D eigenvalue weighted by molar-refractivity contribution is 7.07. The van der Waals surface area contributed by atoms with Crippen LogP contribution in [0.4, 0.5) is 10.1 Å². The van der Waals surface area contributed by atoms with Gasteiger partial charge in [0.15, 0.2) is 0 Å². The van der Waals surface area contributed by atoms with Crippen LogP contribution >= 0.6 is 11.3 Å². The molecular formula is C22H21FN4O4S. The van der Waals surface area contributed by atoms with Crippen LogP contribution in [0.1, 0.15) is 22.4 Å². The summed E-state index contributed by atoms with van der Waals surface area (Å²) in [7, 11) is 0. The molecule has 10 heteroatoms. The van der Waals surface area contributed by atoms with Gasteiger partial charge in [0.2, 0.25) is 5.88 Å². The second kappa shape index (κ2) is 8.38. The molecule has 32 heavy (non-hydrogen) atoms. The number of carbonyl (C=O) groups excluding carboxylic acids is 1. The fraction of sp³-hybridized carbons (Fsp3) is 0.273. The largest absolute Gasteiger partial charge is 0.494 e. The molecule has 0 aliphatic carbocycles. The first-order valence-electron chi connectivity index (χ1n) is 10.2. The van der Waals surface area contributed by atoms with Crippen molar-refractivity contribution >= 4 is 34.6 Å². The van der Waals surface area contributed by atoms with Crippen molar-refractivity contribution in [1.29, 1.82) is 0 Å². The minimum atomic E-state index is -0.593. The highest BCUT2D eigenvalue weighted by Gasteiger charge is 2.29. The Balaban J connectivity index is 1.44. The topological polar surface area (TPSA) is 99.6 Å². The highest BCUT2D eigenvalue weighted by atomic mass is 32.1. The maximum Gasteiger partial charge on any atom is 0.310 e. The number of halogens is 1. The number of aromatic amines is 1. The van der Waals surface area contributed by atoms with Gasteiger partial charge < -0.3 is 20.1 Å². The summed E-state index contributed by atoms with van der Waals surface area (Å²) in [6.45, 7) is 3.82. The van der Waals surface area contributed by atoms with Crippen LogP contribution < -0.4 is 10.2 Å². The molecule has 1 aromatic carbocycles. The summed E-state index contributed by atoms with van der Waals surface area (Å²) < 4.78 is 21.9. The lowest BCUT2D eigenvalue weighted by Crippen LogP contribution is -2.35. The van der Waals surface area contributed by atoms with Gasteiger partial charge in [-0.25, -0.2) is 4.39 Å². The van der Waals surface area contributed by atoms with Gasteiger partial charge in [-0.2, -0.15) is 0 Å². The van der Waals surface area contributed by atoms with Crippen LogP contribution in [0.15, 0.2) is 34.6 Å². The number of H-pyrrole nitrogens is 1. The number of ether oxygens (including phenoxy) is 1. The third kappa shape index (κ3) is 3.88. The van der Waals surface area contributed by atoms with Gasteiger partial charge in [-0.05, 0) is 23.8 Å². The number of nitrogens with one attached hydrogen (secondary N) is 2. The van der Waals surface area contributed by atoms with Gasteiger partial charge >= 0.3 is 4.87 Å². The molecule has 0 saturated carbocycles. The average Bonchev–Trinajstić information content (AvgIpc) is 3.45. The molecule has 3 N–H and O–H groups in total.